The van der Waals surface area contributed by atoms with Gasteiger partial charge >= 0.3 is 6.16 Å². The Morgan fingerprint density at radius 1 is 1.28 bits per heavy atom. The number of benzene rings is 1. The molecular formula is C14H20O4. The van der Waals surface area contributed by atoms with E-state index in [1.165, 1.54) is 0 Å². The lowest BCUT2D eigenvalue weighted by Gasteiger charge is -2.21. The molecule has 4 heteroatoms. The van der Waals surface area contributed by atoms with E-state index in [1.54, 1.807) is 7.11 Å². The minimum atomic E-state index is -1.24. The lowest BCUT2D eigenvalue weighted by atomic mass is 9.85. The van der Waals surface area contributed by atoms with E-state index in [0.29, 0.717) is 6.42 Å². The standard InChI is InChI=1S/C14H20O4/c1-14(2,3)11-7-10(5-6-18-13(15)16)8-12(9-11)17-4/h7-9H,5-6H2,1-4H3,(H,15,16). The number of carbonyl (C=O) groups is 1. The molecule has 100 valence electrons. The first-order valence-corrected chi connectivity index (χ1v) is 5.87. The summed E-state index contributed by atoms with van der Waals surface area (Å²) in [6.45, 7) is 6.53. The van der Waals surface area contributed by atoms with Crippen LogP contribution in [0.3, 0.4) is 0 Å². The minimum absolute atomic E-state index is 0.0247. The summed E-state index contributed by atoms with van der Waals surface area (Å²) >= 11 is 0. The fourth-order valence-electron chi connectivity index (χ4n) is 1.61. The van der Waals surface area contributed by atoms with Gasteiger partial charge in [0.15, 0.2) is 0 Å². The van der Waals surface area contributed by atoms with Crippen LogP contribution < -0.4 is 4.74 Å². The maximum atomic E-state index is 10.3. The molecule has 1 aromatic carbocycles. The summed E-state index contributed by atoms with van der Waals surface area (Å²) in [6.07, 6.45) is -0.694. The number of methoxy groups -OCH3 is 1. The quantitative estimate of drug-likeness (QED) is 0.836. The minimum Gasteiger partial charge on any atom is -0.497 e. The second-order valence-electron chi connectivity index (χ2n) is 5.18. The highest BCUT2D eigenvalue weighted by molar-refractivity contribution is 5.56. The summed E-state index contributed by atoms with van der Waals surface area (Å²) in [4.78, 5) is 10.3. The van der Waals surface area contributed by atoms with Gasteiger partial charge in [-0.1, -0.05) is 26.8 Å². The molecule has 0 aromatic heterocycles. The van der Waals surface area contributed by atoms with Crippen LogP contribution >= 0.6 is 0 Å². The summed E-state index contributed by atoms with van der Waals surface area (Å²) in [7, 11) is 1.62. The van der Waals surface area contributed by atoms with Crippen LogP contribution in [0.5, 0.6) is 5.75 Å². The second kappa shape index (κ2) is 5.76. The highest BCUT2D eigenvalue weighted by Crippen LogP contribution is 2.27. The van der Waals surface area contributed by atoms with Crippen molar-refractivity contribution < 1.29 is 19.4 Å². The Morgan fingerprint density at radius 2 is 1.94 bits per heavy atom. The van der Waals surface area contributed by atoms with Crippen molar-refractivity contribution >= 4 is 6.16 Å². The molecule has 0 radical (unpaired) electrons. The second-order valence-corrected chi connectivity index (χ2v) is 5.18. The third-order valence-corrected chi connectivity index (χ3v) is 2.68. The van der Waals surface area contributed by atoms with Crippen molar-refractivity contribution in [2.75, 3.05) is 13.7 Å². The Balaban J connectivity index is 2.87. The normalized spacial score (nSPS) is 11.1. The van der Waals surface area contributed by atoms with E-state index in [-0.39, 0.29) is 12.0 Å². The zero-order chi connectivity index (χ0) is 13.8. The summed E-state index contributed by atoms with van der Waals surface area (Å²) in [5.41, 5.74) is 2.20. The molecule has 0 aliphatic carbocycles. The van der Waals surface area contributed by atoms with E-state index in [1.807, 2.05) is 12.1 Å². The molecule has 18 heavy (non-hydrogen) atoms. The molecule has 0 aliphatic rings. The first-order chi connectivity index (χ1) is 8.32. The van der Waals surface area contributed by atoms with Crippen molar-refractivity contribution in [3.63, 3.8) is 0 Å². The molecule has 0 aliphatic heterocycles. The topological polar surface area (TPSA) is 55.8 Å². The summed E-state index contributed by atoms with van der Waals surface area (Å²) in [6, 6.07) is 5.97. The SMILES string of the molecule is COc1cc(CCOC(=O)O)cc(C(C)(C)C)c1. The average molecular weight is 252 g/mol. The molecule has 0 fully saturated rings. The number of hydrogen-bond donors (Lipinski definition) is 1. The van der Waals surface area contributed by atoms with Gasteiger partial charge in [0.25, 0.3) is 0 Å². The molecule has 0 heterocycles. The number of ether oxygens (including phenoxy) is 2. The van der Waals surface area contributed by atoms with E-state index in [2.05, 4.69) is 31.6 Å². The van der Waals surface area contributed by atoms with Gasteiger partial charge in [-0.25, -0.2) is 4.79 Å². The summed E-state index contributed by atoms with van der Waals surface area (Å²) in [5.74, 6) is 0.785. The van der Waals surface area contributed by atoms with Crippen LogP contribution in [-0.4, -0.2) is 25.0 Å². The Labute approximate surface area is 108 Å². The monoisotopic (exact) mass is 252 g/mol. The molecule has 0 saturated carbocycles. The fourth-order valence-corrected chi connectivity index (χ4v) is 1.61. The third kappa shape index (κ3) is 4.28. The lowest BCUT2D eigenvalue weighted by molar-refractivity contribution is 0.0927. The zero-order valence-corrected chi connectivity index (χ0v) is 11.3. The molecule has 0 amide bonds. The molecule has 4 nitrogen and oxygen atoms in total. The maximum Gasteiger partial charge on any atom is 0.505 e. The Bertz CT molecular complexity index is 418. The number of carboxylic acid groups (broad SMARTS) is 1. The molecule has 0 unspecified atom stereocenters. The van der Waals surface area contributed by atoms with Crippen LogP contribution in [0.15, 0.2) is 18.2 Å². The van der Waals surface area contributed by atoms with Gasteiger partial charge < -0.3 is 14.6 Å². The van der Waals surface area contributed by atoms with Gasteiger partial charge in [-0.2, -0.15) is 0 Å². The van der Waals surface area contributed by atoms with E-state index >= 15 is 0 Å². The largest absolute Gasteiger partial charge is 0.505 e. The molecule has 1 rings (SSSR count). The highest BCUT2D eigenvalue weighted by Gasteiger charge is 2.15. The van der Waals surface area contributed by atoms with Crippen LogP contribution in [0.4, 0.5) is 4.79 Å². The van der Waals surface area contributed by atoms with Crippen LogP contribution in [0.2, 0.25) is 0 Å². The predicted molar refractivity (Wildman–Crippen MR) is 69.4 cm³/mol. The highest BCUT2D eigenvalue weighted by atomic mass is 16.7. The van der Waals surface area contributed by atoms with Crippen molar-refractivity contribution in [3.8, 4) is 5.75 Å². The number of hydrogen-bond acceptors (Lipinski definition) is 3. The van der Waals surface area contributed by atoms with Gasteiger partial charge in [0.2, 0.25) is 0 Å². The maximum absolute atomic E-state index is 10.3. The molecule has 1 aromatic rings. The molecule has 1 N–H and O–H groups in total. The van der Waals surface area contributed by atoms with Gasteiger partial charge in [-0.3, -0.25) is 0 Å². The van der Waals surface area contributed by atoms with Crippen LogP contribution in [0.25, 0.3) is 0 Å². The average Bonchev–Trinajstić information content (AvgIpc) is 2.27. The third-order valence-electron chi connectivity index (χ3n) is 2.68. The smallest absolute Gasteiger partial charge is 0.497 e. The van der Waals surface area contributed by atoms with E-state index in [4.69, 9.17) is 9.84 Å². The van der Waals surface area contributed by atoms with Crippen LogP contribution in [-0.2, 0) is 16.6 Å². The number of rotatable bonds is 4. The lowest BCUT2D eigenvalue weighted by Crippen LogP contribution is -2.12. The van der Waals surface area contributed by atoms with Crippen LogP contribution in [0.1, 0.15) is 31.9 Å². The van der Waals surface area contributed by atoms with Gasteiger partial charge in [0, 0.05) is 6.42 Å². The van der Waals surface area contributed by atoms with E-state index in [9.17, 15) is 4.79 Å². The van der Waals surface area contributed by atoms with E-state index < -0.39 is 6.16 Å². The molecule has 0 saturated heterocycles. The van der Waals surface area contributed by atoms with Gasteiger partial charge in [-0.15, -0.1) is 0 Å². The summed E-state index contributed by atoms with van der Waals surface area (Å²) < 4.78 is 9.78. The molecular weight excluding hydrogens is 232 g/mol. The molecule has 0 atom stereocenters. The van der Waals surface area contributed by atoms with Crippen molar-refractivity contribution in [1.82, 2.24) is 0 Å². The van der Waals surface area contributed by atoms with Crippen molar-refractivity contribution in [3.05, 3.63) is 29.3 Å². The first-order valence-electron chi connectivity index (χ1n) is 5.87. The Kier molecular flexibility index (Phi) is 4.59. The summed E-state index contributed by atoms with van der Waals surface area (Å²) in [5, 5.41) is 8.43. The van der Waals surface area contributed by atoms with Crippen molar-refractivity contribution in [2.24, 2.45) is 0 Å². The van der Waals surface area contributed by atoms with Crippen molar-refractivity contribution in [1.29, 1.82) is 0 Å². The fraction of sp³-hybridized carbons (Fsp3) is 0.500. The van der Waals surface area contributed by atoms with Crippen molar-refractivity contribution in [2.45, 2.75) is 32.6 Å². The van der Waals surface area contributed by atoms with Gasteiger partial charge in [0.1, 0.15) is 5.75 Å². The molecule has 0 bridgehead atoms. The Morgan fingerprint density at radius 3 is 2.44 bits per heavy atom. The van der Waals surface area contributed by atoms with E-state index in [0.717, 1.165) is 16.9 Å². The van der Waals surface area contributed by atoms with Gasteiger partial charge in [-0.05, 0) is 28.7 Å². The van der Waals surface area contributed by atoms with Gasteiger partial charge in [0.05, 0.1) is 13.7 Å². The van der Waals surface area contributed by atoms with Crippen LogP contribution in [0, 0.1) is 0 Å². The first kappa shape index (κ1) is 14.4. The Hall–Kier alpha value is -1.71. The predicted octanol–water partition coefficient (Wildman–Crippen LogP) is 3.23. The molecule has 0 spiro atoms. The zero-order valence-electron chi connectivity index (χ0n) is 11.3.